The SMILES string of the molecule is Cc1nc(/C=C/C(=O)N(Cc2ccc(F)cc2F)C2CC2)cs1. The molecule has 0 bridgehead atoms. The lowest BCUT2D eigenvalue weighted by Crippen LogP contribution is -2.31. The molecule has 120 valence electrons. The Morgan fingerprint density at radius 2 is 2.22 bits per heavy atom. The van der Waals surface area contributed by atoms with Crippen molar-refractivity contribution in [1.82, 2.24) is 9.88 Å². The summed E-state index contributed by atoms with van der Waals surface area (Å²) in [7, 11) is 0. The van der Waals surface area contributed by atoms with Crippen LogP contribution < -0.4 is 0 Å². The van der Waals surface area contributed by atoms with Gasteiger partial charge in [0, 0.05) is 35.7 Å². The van der Waals surface area contributed by atoms with Gasteiger partial charge in [0.05, 0.1) is 10.7 Å². The van der Waals surface area contributed by atoms with Crippen molar-refractivity contribution >= 4 is 23.3 Å². The summed E-state index contributed by atoms with van der Waals surface area (Å²) >= 11 is 1.52. The number of hydrogen-bond acceptors (Lipinski definition) is 3. The van der Waals surface area contributed by atoms with Crippen molar-refractivity contribution in [1.29, 1.82) is 0 Å². The van der Waals surface area contributed by atoms with Crippen LogP contribution in [0.25, 0.3) is 6.08 Å². The molecule has 1 aromatic carbocycles. The molecule has 3 rings (SSSR count). The Morgan fingerprint density at radius 3 is 2.83 bits per heavy atom. The Hall–Kier alpha value is -2.08. The Kier molecular flexibility index (Phi) is 4.52. The van der Waals surface area contributed by atoms with Gasteiger partial charge >= 0.3 is 0 Å². The number of thiazole rings is 1. The van der Waals surface area contributed by atoms with Crippen molar-refractivity contribution in [3.63, 3.8) is 0 Å². The van der Waals surface area contributed by atoms with E-state index in [9.17, 15) is 13.6 Å². The second-order valence-electron chi connectivity index (χ2n) is 5.56. The summed E-state index contributed by atoms with van der Waals surface area (Å²) in [5.41, 5.74) is 1.06. The number of carbonyl (C=O) groups is 1. The predicted molar refractivity (Wildman–Crippen MR) is 85.8 cm³/mol. The molecular formula is C17H16F2N2OS. The van der Waals surface area contributed by atoms with Crippen LogP contribution in [0.15, 0.2) is 29.7 Å². The maximum Gasteiger partial charge on any atom is 0.247 e. The van der Waals surface area contributed by atoms with Gasteiger partial charge in [0.25, 0.3) is 0 Å². The molecule has 0 N–H and O–H groups in total. The third kappa shape index (κ3) is 4.01. The number of aryl methyl sites for hydroxylation is 1. The van der Waals surface area contributed by atoms with E-state index in [0.29, 0.717) is 5.56 Å². The van der Waals surface area contributed by atoms with Crippen LogP contribution in [-0.2, 0) is 11.3 Å². The van der Waals surface area contributed by atoms with Crippen LogP contribution in [0.3, 0.4) is 0 Å². The van der Waals surface area contributed by atoms with Gasteiger partial charge in [-0.3, -0.25) is 4.79 Å². The van der Waals surface area contributed by atoms with Crippen molar-refractivity contribution in [3.05, 3.63) is 57.6 Å². The number of aromatic nitrogens is 1. The zero-order chi connectivity index (χ0) is 16.4. The molecule has 1 aliphatic carbocycles. The lowest BCUT2D eigenvalue weighted by molar-refractivity contribution is -0.127. The smallest absolute Gasteiger partial charge is 0.247 e. The summed E-state index contributed by atoms with van der Waals surface area (Å²) in [5, 5.41) is 2.81. The molecule has 1 heterocycles. The topological polar surface area (TPSA) is 33.2 Å². The van der Waals surface area contributed by atoms with Crippen molar-refractivity contribution in [2.75, 3.05) is 0 Å². The van der Waals surface area contributed by atoms with Crippen molar-refractivity contribution in [2.45, 2.75) is 32.4 Å². The van der Waals surface area contributed by atoms with Gasteiger partial charge in [-0.25, -0.2) is 13.8 Å². The van der Waals surface area contributed by atoms with Crippen LogP contribution in [-0.4, -0.2) is 21.8 Å². The monoisotopic (exact) mass is 334 g/mol. The molecule has 2 aromatic rings. The fourth-order valence-electron chi connectivity index (χ4n) is 2.32. The van der Waals surface area contributed by atoms with Gasteiger partial charge in [0.1, 0.15) is 11.6 Å². The fourth-order valence-corrected chi connectivity index (χ4v) is 2.90. The Morgan fingerprint density at radius 1 is 1.43 bits per heavy atom. The standard InChI is InChI=1S/C17H16F2N2OS/c1-11-20-14(10-23-11)4-7-17(22)21(15-5-6-15)9-12-2-3-13(18)8-16(12)19/h2-4,7-8,10,15H,5-6,9H2,1H3/b7-4+. The number of amides is 1. The minimum Gasteiger partial charge on any atom is -0.332 e. The molecule has 0 spiro atoms. The summed E-state index contributed by atoms with van der Waals surface area (Å²) in [6.45, 7) is 2.05. The molecule has 3 nitrogen and oxygen atoms in total. The molecule has 1 amide bonds. The number of rotatable bonds is 5. The normalized spacial score (nSPS) is 14.4. The van der Waals surface area contributed by atoms with E-state index in [1.54, 1.807) is 11.0 Å². The second kappa shape index (κ2) is 6.58. The zero-order valence-electron chi connectivity index (χ0n) is 12.6. The molecule has 1 aromatic heterocycles. The third-order valence-electron chi connectivity index (χ3n) is 3.66. The molecule has 0 radical (unpaired) electrons. The van der Waals surface area contributed by atoms with Gasteiger partial charge in [-0.1, -0.05) is 6.07 Å². The van der Waals surface area contributed by atoms with E-state index >= 15 is 0 Å². The molecule has 1 fully saturated rings. The summed E-state index contributed by atoms with van der Waals surface area (Å²) in [6.07, 6.45) is 4.97. The van der Waals surface area contributed by atoms with Crippen LogP contribution in [0.4, 0.5) is 8.78 Å². The highest BCUT2D eigenvalue weighted by atomic mass is 32.1. The summed E-state index contributed by atoms with van der Waals surface area (Å²) < 4.78 is 26.8. The largest absolute Gasteiger partial charge is 0.332 e. The maximum atomic E-state index is 13.8. The molecule has 23 heavy (non-hydrogen) atoms. The third-order valence-corrected chi connectivity index (χ3v) is 4.45. The van der Waals surface area contributed by atoms with Gasteiger partial charge in [0.2, 0.25) is 5.91 Å². The van der Waals surface area contributed by atoms with Gasteiger partial charge < -0.3 is 4.90 Å². The van der Waals surface area contributed by atoms with E-state index < -0.39 is 11.6 Å². The molecule has 0 unspecified atom stereocenters. The summed E-state index contributed by atoms with van der Waals surface area (Å²) in [4.78, 5) is 18.3. The van der Waals surface area contributed by atoms with Gasteiger partial charge in [0.15, 0.2) is 0 Å². The predicted octanol–water partition coefficient (Wildman–Crippen LogP) is 3.93. The number of nitrogens with zero attached hydrogens (tertiary/aromatic N) is 2. The molecular weight excluding hydrogens is 318 g/mol. The zero-order valence-corrected chi connectivity index (χ0v) is 13.4. The molecule has 0 aliphatic heterocycles. The maximum absolute atomic E-state index is 13.8. The van der Waals surface area contributed by atoms with Crippen LogP contribution in [0.5, 0.6) is 0 Å². The Bertz CT molecular complexity index is 753. The highest BCUT2D eigenvalue weighted by Gasteiger charge is 2.32. The first-order valence-electron chi connectivity index (χ1n) is 7.37. The van der Waals surface area contributed by atoms with Crippen LogP contribution >= 0.6 is 11.3 Å². The first-order valence-corrected chi connectivity index (χ1v) is 8.25. The van der Waals surface area contributed by atoms with E-state index in [1.807, 2.05) is 12.3 Å². The van der Waals surface area contributed by atoms with Crippen LogP contribution in [0.2, 0.25) is 0 Å². The lowest BCUT2D eigenvalue weighted by Gasteiger charge is -2.21. The average Bonchev–Trinajstić information content (AvgIpc) is 3.26. The highest BCUT2D eigenvalue weighted by Crippen LogP contribution is 2.29. The molecule has 6 heteroatoms. The Balaban J connectivity index is 1.73. The molecule has 1 aliphatic rings. The van der Waals surface area contributed by atoms with E-state index in [4.69, 9.17) is 0 Å². The van der Waals surface area contributed by atoms with E-state index in [0.717, 1.165) is 29.6 Å². The summed E-state index contributed by atoms with van der Waals surface area (Å²) in [5.74, 6) is -1.42. The van der Waals surface area contributed by atoms with E-state index in [-0.39, 0.29) is 18.5 Å². The van der Waals surface area contributed by atoms with Crippen molar-refractivity contribution in [2.24, 2.45) is 0 Å². The second-order valence-corrected chi connectivity index (χ2v) is 6.62. The first kappa shape index (κ1) is 15.8. The first-order chi connectivity index (χ1) is 11.0. The number of halogens is 2. The number of carbonyl (C=O) groups excluding carboxylic acids is 1. The molecule has 0 saturated heterocycles. The average molecular weight is 334 g/mol. The van der Waals surface area contributed by atoms with Crippen LogP contribution in [0.1, 0.15) is 29.1 Å². The minimum absolute atomic E-state index is 0.133. The van der Waals surface area contributed by atoms with E-state index in [2.05, 4.69) is 4.98 Å². The van der Waals surface area contributed by atoms with Gasteiger partial charge in [-0.05, 0) is 31.9 Å². The Labute approximate surface area is 137 Å². The molecule has 0 atom stereocenters. The number of hydrogen-bond donors (Lipinski definition) is 0. The van der Waals surface area contributed by atoms with Gasteiger partial charge in [-0.2, -0.15) is 0 Å². The van der Waals surface area contributed by atoms with Gasteiger partial charge in [-0.15, -0.1) is 11.3 Å². The lowest BCUT2D eigenvalue weighted by atomic mass is 10.2. The summed E-state index contributed by atoms with van der Waals surface area (Å²) in [6, 6.07) is 3.58. The van der Waals surface area contributed by atoms with E-state index in [1.165, 1.54) is 29.5 Å². The highest BCUT2D eigenvalue weighted by molar-refractivity contribution is 7.09. The van der Waals surface area contributed by atoms with Crippen molar-refractivity contribution in [3.8, 4) is 0 Å². The fraction of sp³-hybridized carbons (Fsp3) is 0.294. The minimum atomic E-state index is -0.623. The van der Waals surface area contributed by atoms with Crippen LogP contribution in [0, 0.1) is 18.6 Å². The quantitative estimate of drug-likeness (QED) is 0.776. The molecule has 1 saturated carbocycles. The van der Waals surface area contributed by atoms with Crippen molar-refractivity contribution < 1.29 is 13.6 Å². The number of benzene rings is 1.